The van der Waals surface area contributed by atoms with Gasteiger partial charge < -0.3 is 15.1 Å². The third-order valence-electron chi connectivity index (χ3n) is 8.38. The second-order valence-corrected chi connectivity index (χ2v) is 13.4. The maximum atomic E-state index is 13.2. The van der Waals surface area contributed by atoms with Gasteiger partial charge in [-0.25, -0.2) is 8.42 Å². The van der Waals surface area contributed by atoms with E-state index in [0.29, 0.717) is 57.2 Å². The number of nitrogens with zero attached hydrogens (tertiary/aromatic N) is 3. The second kappa shape index (κ2) is 11.7. The lowest BCUT2D eigenvalue weighted by molar-refractivity contribution is -0.138. The van der Waals surface area contributed by atoms with Crippen LogP contribution in [0.25, 0.3) is 0 Å². The van der Waals surface area contributed by atoms with Gasteiger partial charge >= 0.3 is 0 Å². The first-order valence-corrected chi connectivity index (χ1v) is 15.6. The summed E-state index contributed by atoms with van der Waals surface area (Å²) in [5.74, 6) is -0.465. The lowest BCUT2D eigenvalue weighted by atomic mass is 9.94. The Balaban J connectivity index is 1.12. The molecular weight excluding hydrogens is 528 g/mol. The molecule has 3 heterocycles. The summed E-state index contributed by atoms with van der Waals surface area (Å²) in [5.41, 5.74) is 2.48. The summed E-state index contributed by atoms with van der Waals surface area (Å²) in [6.07, 6.45) is 3.19. The average Bonchev–Trinajstić information content (AvgIpc) is 3.35. The fourth-order valence-electron chi connectivity index (χ4n) is 5.94. The van der Waals surface area contributed by atoms with Gasteiger partial charge in [0.1, 0.15) is 0 Å². The summed E-state index contributed by atoms with van der Waals surface area (Å²) < 4.78 is 27.5. The van der Waals surface area contributed by atoms with Crippen molar-refractivity contribution in [1.82, 2.24) is 9.21 Å². The first-order valence-electron chi connectivity index (χ1n) is 14.2. The second-order valence-electron chi connectivity index (χ2n) is 11.5. The van der Waals surface area contributed by atoms with E-state index >= 15 is 0 Å². The maximum Gasteiger partial charge on any atom is 0.243 e. The van der Waals surface area contributed by atoms with Gasteiger partial charge in [0.05, 0.1) is 10.8 Å². The molecule has 214 valence electrons. The summed E-state index contributed by atoms with van der Waals surface area (Å²) in [6, 6.07) is 14.1. The standard InChI is InChI=1S/C30H38N4O5S/c1-21-5-9-26(10-6-21)34-20-24(18-28(34)35)30(37)32-16-13-23(14-17-32)29(36)31-25-7-11-27(12-8-25)40(38,39)33-15-3-4-22(2)19-33/h5-12,22-24H,3-4,13-20H2,1-2H3,(H,31,36). The number of nitrogens with one attached hydrogen (secondary N) is 1. The highest BCUT2D eigenvalue weighted by atomic mass is 32.2. The lowest BCUT2D eigenvalue weighted by Crippen LogP contribution is -2.44. The normalized spacial score (nSPS) is 22.9. The van der Waals surface area contributed by atoms with Crippen LogP contribution in [0, 0.1) is 24.7 Å². The molecule has 3 saturated heterocycles. The minimum atomic E-state index is -3.55. The largest absolute Gasteiger partial charge is 0.342 e. The minimum Gasteiger partial charge on any atom is -0.342 e. The van der Waals surface area contributed by atoms with Crippen molar-refractivity contribution in [3.63, 3.8) is 0 Å². The number of carbonyl (C=O) groups is 3. The predicted octanol–water partition coefficient (Wildman–Crippen LogP) is 3.65. The Morgan fingerprint density at radius 3 is 2.20 bits per heavy atom. The molecule has 0 radical (unpaired) electrons. The fourth-order valence-corrected chi connectivity index (χ4v) is 7.53. The number of rotatable bonds is 6. The molecule has 2 aromatic carbocycles. The average molecular weight is 567 g/mol. The van der Waals surface area contributed by atoms with Gasteiger partial charge in [-0.3, -0.25) is 14.4 Å². The molecule has 40 heavy (non-hydrogen) atoms. The Morgan fingerprint density at radius 1 is 0.875 bits per heavy atom. The van der Waals surface area contributed by atoms with Crippen LogP contribution in [-0.2, 0) is 24.4 Å². The summed E-state index contributed by atoms with van der Waals surface area (Å²) >= 11 is 0. The van der Waals surface area contributed by atoms with Gasteiger partial charge in [-0.2, -0.15) is 4.31 Å². The molecule has 9 nitrogen and oxygen atoms in total. The van der Waals surface area contributed by atoms with Crippen molar-refractivity contribution in [2.75, 3.05) is 42.9 Å². The van der Waals surface area contributed by atoms with Crippen LogP contribution in [0.2, 0.25) is 0 Å². The molecule has 0 aromatic heterocycles. The number of likely N-dealkylation sites (tertiary alicyclic amines) is 1. The molecule has 5 rings (SSSR count). The lowest BCUT2D eigenvalue weighted by Gasteiger charge is -2.33. The molecule has 0 bridgehead atoms. The van der Waals surface area contributed by atoms with Gasteiger partial charge in [0, 0.05) is 56.4 Å². The van der Waals surface area contributed by atoms with Gasteiger partial charge in [0.25, 0.3) is 0 Å². The number of benzene rings is 2. The molecule has 0 aliphatic carbocycles. The third-order valence-corrected chi connectivity index (χ3v) is 10.3. The summed E-state index contributed by atoms with van der Waals surface area (Å²) in [6.45, 7) is 6.44. The number of carbonyl (C=O) groups excluding carboxylic acids is 3. The molecular formula is C30H38N4O5S. The zero-order chi connectivity index (χ0) is 28.4. The van der Waals surface area contributed by atoms with Gasteiger partial charge in [-0.05, 0) is 74.9 Å². The highest BCUT2D eigenvalue weighted by molar-refractivity contribution is 7.89. The van der Waals surface area contributed by atoms with Crippen LogP contribution in [-0.4, -0.2) is 68.1 Å². The smallest absolute Gasteiger partial charge is 0.243 e. The van der Waals surface area contributed by atoms with Gasteiger partial charge in [0.15, 0.2) is 0 Å². The van der Waals surface area contributed by atoms with Crippen LogP contribution >= 0.6 is 0 Å². The highest BCUT2D eigenvalue weighted by Gasteiger charge is 2.38. The van der Waals surface area contributed by atoms with Gasteiger partial charge in [0.2, 0.25) is 27.7 Å². The molecule has 10 heteroatoms. The number of aryl methyl sites for hydroxylation is 1. The van der Waals surface area contributed by atoms with E-state index in [-0.39, 0.29) is 40.9 Å². The Morgan fingerprint density at radius 2 is 1.55 bits per heavy atom. The number of hydrogen-bond acceptors (Lipinski definition) is 5. The summed E-state index contributed by atoms with van der Waals surface area (Å²) in [7, 11) is -3.55. The maximum absolute atomic E-state index is 13.2. The van der Waals surface area contributed by atoms with E-state index in [0.717, 1.165) is 24.1 Å². The molecule has 2 unspecified atom stereocenters. The van der Waals surface area contributed by atoms with Gasteiger partial charge in [-0.1, -0.05) is 24.6 Å². The first kappa shape index (κ1) is 28.3. The Kier molecular flexibility index (Phi) is 8.28. The molecule has 1 N–H and O–H groups in total. The van der Waals surface area contributed by atoms with E-state index in [1.54, 1.807) is 38.4 Å². The zero-order valence-corrected chi connectivity index (χ0v) is 24.0. The molecule has 3 amide bonds. The SMILES string of the molecule is Cc1ccc(N2CC(C(=O)N3CCC(C(=O)Nc4ccc(S(=O)(=O)N5CCCC(C)C5)cc4)CC3)CC2=O)cc1. The molecule has 3 aliphatic rings. The molecule has 2 aromatic rings. The van der Waals surface area contributed by atoms with Crippen LogP contribution in [0.5, 0.6) is 0 Å². The van der Waals surface area contributed by atoms with E-state index in [9.17, 15) is 22.8 Å². The van der Waals surface area contributed by atoms with Crippen molar-refractivity contribution < 1.29 is 22.8 Å². The van der Waals surface area contributed by atoms with E-state index in [2.05, 4.69) is 12.2 Å². The molecule has 0 spiro atoms. The quantitative estimate of drug-likeness (QED) is 0.575. The first-order chi connectivity index (χ1) is 19.1. The van der Waals surface area contributed by atoms with E-state index in [1.165, 1.54) is 0 Å². The predicted molar refractivity (Wildman–Crippen MR) is 153 cm³/mol. The Labute approximate surface area is 236 Å². The fraction of sp³-hybridized carbons (Fsp3) is 0.500. The van der Waals surface area contributed by atoms with Gasteiger partial charge in [-0.15, -0.1) is 0 Å². The van der Waals surface area contributed by atoms with Crippen LogP contribution in [0.1, 0.15) is 44.6 Å². The van der Waals surface area contributed by atoms with Crippen molar-refractivity contribution in [3.8, 4) is 0 Å². The number of amides is 3. The zero-order valence-electron chi connectivity index (χ0n) is 23.2. The monoisotopic (exact) mass is 566 g/mol. The Bertz CT molecular complexity index is 1350. The van der Waals surface area contributed by atoms with Crippen LogP contribution in [0.4, 0.5) is 11.4 Å². The molecule has 0 saturated carbocycles. The van der Waals surface area contributed by atoms with E-state index < -0.39 is 10.0 Å². The van der Waals surface area contributed by atoms with Crippen LogP contribution in [0.3, 0.4) is 0 Å². The Hall–Kier alpha value is -3.24. The number of hydrogen-bond donors (Lipinski definition) is 1. The topological polar surface area (TPSA) is 107 Å². The number of piperidine rings is 2. The summed E-state index contributed by atoms with van der Waals surface area (Å²) in [4.78, 5) is 42.4. The van der Waals surface area contributed by atoms with Crippen LogP contribution < -0.4 is 10.2 Å². The van der Waals surface area contributed by atoms with Crippen molar-refractivity contribution in [2.24, 2.45) is 17.8 Å². The van der Waals surface area contributed by atoms with Crippen molar-refractivity contribution in [1.29, 1.82) is 0 Å². The van der Waals surface area contributed by atoms with Crippen molar-refractivity contribution >= 4 is 39.1 Å². The number of anilines is 2. The van der Waals surface area contributed by atoms with E-state index in [1.807, 2.05) is 31.2 Å². The van der Waals surface area contributed by atoms with Crippen molar-refractivity contribution in [2.45, 2.75) is 50.8 Å². The molecule has 2 atom stereocenters. The van der Waals surface area contributed by atoms with E-state index in [4.69, 9.17) is 0 Å². The van der Waals surface area contributed by atoms with Crippen LogP contribution in [0.15, 0.2) is 53.4 Å². The summed E-state index contributed by atoms with van der Waals surface area (Å²) in [5, 5.41) is 2.91. The number of sulfonamides is 1. The van der Waals surface area contributed by atoms with Crippen molar-refractivity contribution in [3.05, 3.63) is 54.1 Å². The third kappa shape index (κ3) is 6.07. The minimum absolute atomic E-state index is 0.0262. The molecule has 3 fully saturated rings. The molecule has 3 aliphatic heterocycles. The highest BCUT2D eigenvalue weighted by Crippen LogP contribution is 2.29.